The number of hydrogen-bond donors (Lipinski definition) is 3. The summed E-state index contributed by atoms with van der Waals surface area (Å²) in [6.45, 7) is 1.70. The number of thioether (sulfide) groups is 1. The van der Waals surface area contributed by atoms with Crippen LogP contribution in [0.4, 0.5) is 4.79 Å². The third-order valence-corrected chi connectivity index (χ3v) is 4.60. The molecule has 1 aromatic carbocycles. The largest absolute Gasteiger partial charge is 0.335 e. The lowest BCUT2D eigenvalue weighted by Gasteiger charge is -2.09. The summed E-state index contributed by atoms with van der Waals surface area (Å²) in [6.07, 6.45) is 1.94. The Balaban J connectivity index is 1.56. The Morgan fingerprint density at radius 1 is 1.33 bits per heavy atom. The maximum atomic E-state index is 12.0. The fourth-order valence-corrected chi connectivity index (χ4v) is 2.76. The average molecular weight is 366 g/mol. The van der Waals surface area contributed by atoms with Crippen LogP contribution in [0.15, 0.2) is 29.4 Å². The predicted octanol–water partition coefficient (Wildman–Crippen LogP) is 2.59. The Morgan fingerprint density at radius 3 is 2.71 bits per heavy atom. The number of rotatable bonds is 5. The highest BCUT2D eigenvalue weighted by Gasteiger charge is 2.25. The first-order valence-electron chi connectivity index (χ1n) is 7.47. The van der Waals surface area contributed by atoms with E-state index in [1.54, 1.807) is 19.1 Å². The van der Waals surface area contributed by atoms with Crippen molar-refractivity contribution < 1.29 is 9.59 Å². The highest BCUT2D eigenvalue weighted by atomic mass is 35.5. The van der Waals surface area contributed by atoms with E-state index in [4.69, 9.17) is 11.6 Å². The SMILES string of the molecule is C[C@H](Sc1n[nH]c(-c2ccc(Cl)cc2)n1)C(=O)NC(=O)NC1CC1. The van der Waals surface area contributed by atoms with Gasteiger partial charge >= 0.3 is 6.03 Å². The second kappa shape index (κ2) is 7.23. The van der Waals surface area contributed by atoms with Gasteiger partial charge in [-0.15, -0.1) is 5.10 Å². The molecule has 1 fully saturated rings. The molecule has 0 saturated heterocycles. The molecule has 3 N–H and O–H groups in total. The minimum atomic E-state index is -0.496. The number of H-pyrrole nitrogens is 1. The Morgan fingerprint density at radius 2 is 2.04 bits per heavy atom. The van der Waals surface area contributed by atoms with Gasteiger partial charge in [0.15, 0.2) is 5.82 Å². The lowest BCUT2D eigenvalue weighted by molar-refractivity contribution is -0.119. The number of nitrogens with one attached hydrogen (secondary N) is 3. The van der Waals surface area contributed by atoms with Crippen molar-refractivity contribution in [3.63, 3.8) is 0 Å². The van der Waals surface area contributed by atoms with Gasteiger partial charge in [-0.2, -0.15) is 0 Å². The van der Waals surface area contributed by atoms with E-state index in [1.165, 1.54) is 11.8 Å². The summed E-state index contributed by atoms with van der Waals surface area (Å²) in [4.78, 5) is 27.9. The molecule has 1 aliphatic rings. The van der Waals surface area contributed by atoms with Crippen LogP contribution in [0.1, 0.15) is 19.8 Å². The number of aromatic nitrogens is 3. The Labute approximate surface area is 148 Å². The molecular formula is C15H16ClN5O2S. The highest BCUT2D eigenvalue weighted by molar-refractivity contribution is 8.00. The summed E-state index contributed by atoms with van der Waals surface area (Å²) in [5.41, 5.74) is 0.847. The first-order valence-corrected chi connectivity index (χ1v) is 8.73. The maximum Gasteiger partial charge on any atom is 0.321 e. The molecule has 1 heterocycles. The fourth-order valence-electron chi connectivity index (χ4n) is 1.91. The molecule has 0 unspecified atom stereocenters. The molecule has 2 aromatic rings. The summed E-state index contributed by atoms with van der Waals surface area (Å²) in [5, 5.41) is 12.5. The number of urea groups is 1. The minimum absolute atomic E-state index is 0.204. The first kappa shape index (κ1) is 16.8. The predicted molar refractivity (Wildman–Crippen MR) is 91.8 cm³/mol. The van der Waals surface area contributed by atoms with Crippen molar-refractivity contribution >= 4 is 35.3 Å². The van der Waals surface area contributed by atoms with E-state index in [9.17, 15) is 9.59 Å². The van der Waals surface area contributed by atoms with E-state index in [2.05, 4.69) is 25.8 Å². The van der Waals surface area contributed by atoms with Crippen LogP contribution in [0.25, 0.3) is 11.4 Å². The van der Waals surface area contributed by atoms with Gasteiger partial charge in [0.25, 0.3) is 0 Å². The molecule has 1 saturated carbocycles. The van der Waals surface area contributed by atoms with Crippen molar-refractivity contribution in [1.29, 1.82) is 0 Å². The Bertz CT molecular complexity index is 745. The maximum absolute atomic E-state index is 12.0. The molecule has 0 radical (unpaired) electrons. The van der Waals surface area contributed by atoms with Crippen LogP contribution in [-0.4, -0.2) is 38.4 Å². The number of nitrogens with zero attached hydrogens (tertiary/aromatic N) is 2. The molecule has 126 valence electrons. The fraction of sp³-hybridized carbons (Fsp3) is 0.333. The third kappa shape index (κ3) is 4.48. The van der Waals surface area contributed by atoms with E-state index >= 15 is 0 Å². The lowest BCUT2D eigenvalue weighted by atomic mass is 10.2. The normalized spacial score (nSPS) is 14.9. The smallest absolute Gasteiger partial charge is 0.321 e. The van der Waals surface area contributed by atoms with Gasteiger partial charge in [-0.05, 0) is 44.0 Å². The molecule has 0 spiro atoms. The molecule has 1 aromatic heterocycles. The zero-order valence-corrected chi connectivity index (χ0v) is 14.4. The van der Waals surface area contributed by atoms with Gasteiger partial charge in [-0.25, -0.2) is 9.78 Å². The van der Waals surface area contributed by atoms with E-state index in [1.807, 2.05) is 12.1 Å². The molecule has 7 nitrogen and oxygen atoms in total. The lowest BCUT2D eigenvalue weighted by Crippen LogP contribution is -2.43. The van der Waals surface area contributed by atoms with Crippen molar-refractivity contribution in [2.75, 3.05) is 0 Å². The summed E-state index contributed by atoms with van der Waals surface area (Å²) < 4.78 is 0. The molecule has 0 aliphatic heterocycles. The molecule has 9 heteroatoms. The zero-order valence-electron chi connectivity index (χ0n) is 12.9. The quantitative estimate of drug-likeness (QED) is 0.707. The topological polar surface area (TPSA) is 99.8 Å². The van der Waals surface area contributed by atoms with E-state index in [0.717, 1.165) is 18.4 Å². The van der Waals surface area contributed by atoms with Crippen LogP contribution in [0.3, 0.4) is 0 Å². The van der Waals surface area contributed by atoms with Crippen molar-refractivity contribution in [3.8, 4) is 11.4 Å². The van der Waals surface area contributed by atoms with Gasteiger partial charge < -0.3 is 5.32 Å². The number of imide groups is 1. The minimum Gasteiger partial charge on any atom is -0.335 e. The molecule has 24 heavy (non-hydrogen) atoms. The summed E-state index contributed by atoms with van der Waals surface area (Å²) >= 11 is 7.03. The number of carbonyl (C=O) groups excluding carboxylic acids is 2. The summed E-state index contributed by atoms with van der Waals surface area (Å²) in [6, 6.07) is 6.94. The second-order valence-electron chi connectivity index (χ2n) is 5.47. The van der Waals surface area contributed by atoms with Crippen LogP contribution in [-0.2, 0) is 4.79 Å². The van der Waals surface area contributed by atoms with Crippen LogP contribution in [0.5, 0.6) is 0 Å². The Hall–Kier alpha value is -2.06. The van der Waals surface area contributed by atoms with Gasteiger partial charge in [0.05, 0.1) is 5.25 Å². The van der Waals surface area contributed by atoms with Crippen LogP contribution in [0, 0.1) is 0 Å². The highest BCUT2D eigenvalue weighted by Crippen LogP contribution is 2.23. The Kier molecular flexibility index (Phi) is 5.06. The monoisotopic (exact) mass is 365 g/mol. The van der Waals surface area contributed by atoms with Gasteiger partial charge in [0.1, 0.15) is 0 Å². The van der Waals surface area contributed by atoms with Crippen LogP contribution in [0.2, 0.25) is 5.02 Å². The van der Waals surface area contributed by atoms with Crippen molar-refractivity contribution in [2.45, 2.75) is 36.2 Å². The van der Waals surface area contributed by atoms with Crippen molar-refractivity contribution in [2.24, 2.45) is 0 Å². The van der Waals surface area contributed by atoms with Crippen molar-refractivity contribution in [1.82, 2.24) is 25.8 Å². The molecule has 3 rings (SSSR count). The number of carbonyl (C=O) groups is 2. The van der Waals surface area contributed by atoms with Gasteiger partial charge in [0.2, 0.25) is 11.1 Å². The number of hydrogen-bond acceptors (Lipinski definition) is 5. The first-order chi connectivity index (χ1) is 11.5. The second-order valence-corrected chi connectivity index (χ2v) is 7.21. The summed E-state index contributed by atoms with van der Waals surface area (Å²) in [5.74, 6) is 0.212. The van der Waals surface area contributed by atoms with E-state index < -0.39 is 11.3 Å². The third-order valence-electron chi connectivity index (χ3n) is 3.38. The van der Waals surface area contributed by atoms with E-state index in [0.29, 0.717) is 16.0 Å². The van der Waals surface area contributed by atoms with E-state index in [-0.39, 0.29) is 11.9 Å². The van der Waals surface area contributed by atoms with Crippen LogP contribution < -0.4 is 10.6 Å². The average Bonchev–Trinajstić information content (AvgIpc) is 3.23. The molecule has 0 bridgehead atoms. The number of amides is 3. The van der Waals surface area contributed by atoms with Gasteiger partial charge in [-0.1, -0.05) is 23.4 Å². The van der Waals surface area contributed by atoms with Gasteiger partial charge in [-0.3, -0.25) is 15.2 Å². The number of aromatic amines is 1. The number of benzene rings is 1. The molecular weight excluding hydrogens is 350 g/mol. The number of halogens is 1. The molecule has 3 amide bonds. The van der Waals surface area contributed by atoms with Gasteiger partial charge in [0, 0.05) is 16.6 Å². The zero-order chi connectivity index (χ0) is 17.1. The molecule has 1 aliphatic carbocycles. The van der Waals surface area contributed by atoms with Crippen molar-refractivity contribution in [3.05, 3.63) is 29.3 Å². The standard InChI is InChI=1S/C15H16ClN5O2S/c1-8(13(22)19-14(23)17-11-6-7-11)24-15-18-12(20-21-15)9-2-4-10(16)5-3-9/h2-5,8,11H,6-7H2,1H3,(H,18,20,21)(H2,17,19,22,23)/t8-/m0/s1. The van der Waals surface area contributed by atoms with Crippen LogP contribution >= 0.6 is 23.4 Å². The molecule has 1 atom stereocenters. The summed E-state index contributed by atoms with van der Waals surface area (Å²) in [7, 11) is 0.